The molecule has 2 heterocycles. The van der Waals surface area contributed by atoms with Gasteiger partial charge >= 0.3 is 6.03 Å². The minimum absolute atomic E-state index is 0.0368. The van der Waals surface area contributed by atoms with Crippen LogP contribution in [0.3, 0.4) is 0 Å². The minimum Gasteiger partial charge on any atom is -0.346 e. The summed E-state index contributed by atoms with van der Waals surface area (Å²) in [4.78, 5) is 74.6. The Balaban J connectivity index is 1.37. The smallest absolute Gasteiger partial charge is 0.315 e. The Morgan fingerprint density at radius 1 is 1.06 bits per heavy atom. The maximum Gasteiger partial charge on any atom is 0.315 e. The first-order valence-corrected chi connectivity index (χ1v) is 20.6. The maximum atomic E-state index is 14.9. The average molecular weight is 770 g/mol. The van der Waals surface area contributed by atoms with E-state index in [0.29, 0.717) is 32.2 Å². The van der Waals surface area contributed by atoms with Gasteiger partial charge in [0.05, 0.1) is 0 Å². The lowest BCUT2D eigenvalue weighted by atomic mass is 9.70. The van der Waals surface area contributed by atoms with E-state index in [-0.39, 0.29) is 47.1 Å². The van der Waals surface area contributed by atoms with Crippen molar-refractivity contribution < 1.29 is 32.4 Å². The summed E-state index contributed by atoms with van der Waals surface area (Å²) in [6.45, 7) is 15.8. The zero-order valence-electron chi connectivity index (χ0n) is 32.8. The summed E-state index contributed by atoms with van der Waals surface area (Å²) in [5.41, 5.74) is -1.40. The summed E-state index contributed by atoms with van der Waals surface area (Å²) in [6.07, 6.45) is 9.82. The van der Waals surface area contributed by atoms with Crippen LogP contribution in [0.15, 0.2) is 42.1 Å². The topological polar surface area (TPSA) is 187 Å². The van der Waals surface area contributed by atoms with E-state index in [1.165, 1.54) is 35.9 Å². The highest BCUT2D eigenvalue weighted by Gasteiger charge is 2.70. The zero-order valence-corrected chi connectivity index (χ0v) is 33.6. The van der Waals surface area contributed by atoms with E-state index in [4.69, 9.17) is 0 Å². The molecule has 3 aliphatic carbocycles. The van der Waals surface area contributed by atoms with E-state index >= 15 is 0 Å². The normalized spacial score (nSPS) is 24.7. The number of carbonyl (C=O) groups excluding carboxylic acids is 5. The van der Waals surface area contributed by atoms with Gasteiger partial charge < -0.3 is 26.2 Å². The second-order valence-corrected chi connectivity index (χ2v) is 19.8. The van der Waals surface area contributed by atoms with Crippen molar-refractivity contribution in [2.24, 2.45) is 34.0 Å². The van der Waals surface area contributed by atoms with Crippen LogP contribution in [0, 0.1) is 34.0 Å². The second-order valence-electron chi connectivity index (χ2n) is 17.7. The third-order valence-corrected chi connectivity index (χ3v) is 14.2. The van der Waals surface area contributed by atoms with Crippen molar-refractivity contribution in [2.75, 3.05) is 26.7 Å². The van der Waals surface area contributed by atoms with E-state index in [9.17, 15) is 32.4 Å². The third kappa shape index (κ3) is 8.66. The molecule has 5 amide bonds. The number of hydrogen-bond acceptors (Lipinski definition) is 8. The first-order chi connectivity index (χ1) is 25.2. The molecule has 0 aromatic carbocycles. The van der Waals surface area contributed by atoms with Gasteiger partial charge in [0.1, 0.15) is 23.0 Å². The fraction of sp³-hybridized carbons (Fsp3) is 0.692. The SMILES string of the molecule is C=CCNC(=O)C(=O)C(NC(=O)[C@@H]1[C@@H]2[C@H](CN1C(=O)[C@@H](NC(=O)N[C@H](CN(C)S(=O)(=O)c1cccnc1)C(C)(C)C)C1(C)CCCCC1)C2(C)C)C1CC1. The standard InChI is InChI=1S/C39H59N7O7S/c1-9-19-41-34(49)31(47)29(24-15-16-24)43-33(48)30-28-26(38(28,5)6)22-46(30)35(50)32(39(7)17-11-10-12-18-39)44-36(51)42-27(37(2,3)4)23-45(8)54(52,53)25-14-13-20-40-21-25/h9,13-14,20-21,24,26-30,32H,1,10-12,15-19,22-23H2,2-8H3,(H,41,49)(H,43,48)(H2,42,44,51)/t26-,27+,28-,29?,30-,32+/m0/s1. The molecule has 1 aromatic rings. The highest BCUT2D eigenvalue weighted by molar-refractivity contribution is 7.89. The number of amides is 5. The Bertz CT molecular complexity index is 1720. The third-order valence-electron chi connectivity index (χ3n) is 12.4. The van der Waals surface area contributed by atoms with Crippen molar-refractivity contribution in [1.29, 1.82) is 0 Å². The molecule has 3 saturated carbocycles. The highest BCUT2D eigenvalue weighted by atomic mass is 32.2. The van der Waals surface area contributed by atoms with Gasteiger partial charge in [-0.05, 0) is 71.8 Å². The molecule has 54 heavy (non-hydrogen) atoms. The molecule has 14 nitrogen and oxygen atoms in total. The Morgan fingerprint density at radius 3 is 2.30 bits per heavy atom. The van der Waals surface area contributed by atoms with Gasteiger partial charge in [-0.1, -0.05) is 66.9 Å². The van der Waals surface area contributed by atoms with Gasteiger partial charge in [-0.15, -0.1) is 6.58 Å². The number of likely N-dealkylation sites (tertiary alicyclic amines) is 1. The lowest BCUT2D eigenvalue weighted by Gasteiger charge is -2.43. The lowest BCUT2D eigenvalue weighted by Crippen LogP contribution is -2.63. The Morgan fingerprint density at radius 2 is 1.72 bits per heavy atom. The summed E-state index contributed by atoms with van der Waals surface area (Å²) in [5.74, 6) is -2.58. The maximum absolute atomic E-state index is 14.9. The van der Waals surface area contributed by atoms with Crippen LogP contribution in [0.4, 0.5) is 4.79 Å². The van der Waals surface area contributed by atoms with Gasteiger partial charge in [0.2, 0.25) is 27.6 Å². The number of urea groups is 1. The fourth-order valence-electron chi connectivity index (χ4n) is 8.52. The van der Waals surface area contributed by atoms with E-state index in [1.807, 2.05) is 27.7 Å². The molecule has 4 aliphatic rings. The molecule has 1 aromatic heterocycles. The van der Waals surface area contributed by atoms with Crippen LogP contribution in [-0.2, 0) is 29.2 Å². The summed E-state index contributed by atoms with van der Waals surface area (Å²) in [5, 5.41) is 11.4. The number of aromatic nitrogens is 1. The van der Waals surface area contributed by atoms with Crippen molar-refractivity contribution in [2.45, 2.75) is 116 Å². The molecule has 1 aliphatic heterocycles. The van der Waals surface area contributed by atoms with Crippen molar-refractivity contribution in [3.63, 3.8) is 0 Å². The monoisotopic (exact) mass is 769 g/mol. The molecule has 0 bridgehead atoms. The number of fused-ring (bicyclic) bond motifs is 1. The average Bonchev–Trinajstić information content (AvgIpc) is 4.00. The second kappa shape index (κ2) is 15.7. The van der Waals surface area contributed by atoms with E-state index < -0.39 is 68.6 Å². The summed E-state index contributed by atoms with van der Waals surface area (Å²) in [7, 11) is -2.45. The van der Waals surface area contributed by atoms with Crippen LogP contribution in [0.25, 0.3) is 0 Å². The largest absolute Gasteiger partial charge is 0.346 e. The molecule has 1 unspecified atom stereocenters. The van der Waals surface area contributed by atoms with E-state index in [1.54, 1.807) is 11.0 Å². The first kappa shape index (κ1) is 41.3. The molecule has 1 saturated heterocycles. The van der Waals surface area contributed by atoms with Crippen LogP contribution in [0.1, 0.15) is 86.5 Å². The number of carbonyl (C=O) groups is 5. The van der Waals surface area contributed by atoms with Crippen LogP contribution in [-0.4, -0.2) is 103 Å². The number of sulfonamides is 1. The summed E-state index contributed by atoms with van der Waals surface area (Å²) >= 11 is 0. The molecular weight excluding hydrogens is 711 g/mol. The number of Topliss-reactive ketones (excluding diaryl/α,β-unsaturated/α-hetero) is 1. The van der Waals surface area contributed by atoms with Gasteiger partial charge in [0.25, 0.3) is 5.91 Å². The van der Waals surface area contributed by atoms with Gasteiger partial charge in [-0.25, -0.2) is 13.2 Å². The summed E-state index contributed by atoms with van der Waals surface area (Å²) in [6, 6.07) is -1.09. The minimum atomic E-state index is -3.90. The fourth-order valence-corrected chi connectivity index (χ4v) is 9.67. The first-order valence-electron chi connectivity index (χ1n) is 19.2. The molecule has 4 fully saturated rings. The predicted molar refractivity (Wildman–Crippen MR) is 203 cm³/mol. The molecular formula is C39H59N7O7S. The molecule has 15 heteroatoms. The van der Waals surface area contributed by atoms with Gasteiger partial charge in [-0.2, -0.15) is 4.31 Å². The van der Waals surface area contributed by atoms with E-state index in [2.05, 4.69) is 46.7 Å². The molecule has 0 radical (unpaired) electrons. The number of ketones is 1. The quantitative estimate of drug-likeness (QED) is 0.155. The van der Waals surface area contributed by atoms with Crippen molar-refractivity contribution in [1.82, 2.24) is 35.5 Å². The van der Waals surface area contributed by atoms with Crippen LogP contribution < -0.4 is 21.3 Å². The molecule has 5 rings (SSSR count). The Labute approximate surface area is 320 Å². The number of hydrogen-bond donors (Lipinski definition) is 4. The van der Waals surface area contributed by atoms with Gasteiger partial charge in [0, 0.05) is 45.1 Å². The number of rotatable bonds is 15. The van der Waals surface area contributed by atoms with Gasteiger partial charge in [-0.3, -0.25) is 24.2 Å². The lowest BCUT2D eigenvalue weighted by molar-refractivity contribution is -0.146. The number of piperidine rings is 1. The number of nitrogens with zero attached hydrogens (tertiary/aromatic N) is 3. The van der Waals surface area contributed by atoms with Crippen LogP contribution >= 0.6 is 0 Å². The Kier molecular flexibility index (Phi) is 12.0. The Hall–Kier alpha value is -3.85. The summed E-state index contributed by atoms with van der Waals surface area (Å²) < 4.78 is 27.9. The zero-order chi connectivity index (χ0) is 39.8. The predicted octanol–water partition coefficient (Wildman–Crippen LogP) is 3.00. The van der Waals surface area contributed by atoms with Crippen molar-refractivity contribution >= 4 is 39.6 Å². The molecule has 298 valence electrons. The number of nitrogens with one attached hydrogen (secondary N) is 4. The molecule has 4 N–H and O–H groups in total. The molecule has 6 atom stereocenters. The highest BCUT2D eigenvalue weighted by Crippen LogP contribution is 2.65. The number of likely N-dealkylation sites (N-methyl/N-ethyl adjacent to an activating group) is 1. The van der Waals surface area contributed by atoms with E-state index in [0.717, 1.165) is 19.3 Å². The van der Waals surface area contributed by atoms with Crippen molar-refractivity contribution in [3.8, 4) is 0 Å². The molecule has 0 spiro atoms. The van der Waals surface area contributed by atoms with Crippen molar-refractivity contribution in [3.05, 3.63) is 37.2 Å². The van der Waals surface area contributed by atoms with Crippen LogP contribution in [0.5, 0.6) is 0 Å². The van der Waals surface area contributed by atoms with Gasteiger partial charge in [0.15, 0.2) is 0 Å². The van der Waals surface area contributed by atoms with Crippen LogP contribution in [0.2, 0.25) is 0 Å². The number of pyridine rings is 1.